The molecule has 19 heavy (non-hydrogen) atoms. The van der Waals surface area contributed by atoms with Crippen molar-refractivity contribution < 1.29 is 14.3 Å². The van der Waals surface area contributed by atoms with Gasteiger partial charge >= 0.3 is 0 Å². The van der Waals surface area contributed by atoms with Crippen LogP contribution in [0, 0.1) is 6.92 Å². The third kappa shape index (κ3) is 2.13. The number of aryl methyl sites for hydroxylation is 1. The summed E-state index contributed by atoms with van der Waals surface area (Å²) in [5.41, 5.74) is 2.80. The van der Waals surface area contributed by atoms with Gasteiger partial charge in [0.25, 0.3) is 0 Å². The zero-order valence-corrected chi connectivity index (χ0v) is 11.0. The summed E-state index contributed by atoms with van der Waals surface area (Å²) in [5.74, 6) is 0.667. The standard InChI is InChI=1S/C14H12ClNO3/c1-7-2-9(6-19-7)14(18)10-3-8-4-13(17)16-12(8)5-11(10)15/h2-3,5-6,14,18H,4H2,1H3,(H,16,17). The van der Waals surface area contributed by atoms with Crippen molar-refractivity contribution in [1.29, 1.82) is 0 Å². The van der Waals surface area contributed by atoms with Crippen LogP contribution in [-0.4, -0.2) is 11.0 Å². The number of nitrogens with one attached hydrogen (secondary N) is 1. The van der Waals surface area contributed by atoms with Crippen molar-refractivity contribution in [1.82, 2.24) is 0 Å². The molecule has 0 spiro atoms. The van der Waals surface area contributed by atoms with Gasteiger partial charge in [-0.2, -0.15) is 0 Å². The first-order valence-corrected chi connectivity index (χ1v) is 6.27. The minimum absolute atomic E-state index is 0.0585. The van der Waals surface area contributed by atoms with Crippen molar-refractivity contribution >= 4 is 23.2 Å². The molecule has 2 heterocycles. The molecular weight excluding hydrogens is 266 g/mol. The molecule has 0 bridgehead atoms. The maximum atomic E-state index is 11.3. The van der Waals surface area contributed by atoms with Crippen LogP contribution in [0.25, 0.3) is 0 Å². The van der Waals surface area contributed by atoms with Crippen LogP contribution < -0.4 is 5.32 Å². The molecule has 1 amide bonds. The number of halogens is 1. The van der Waals surface area contributed by atoms with Gasteiger partial charge < -0.3 is 14.8 Å². The Morgan fingerprint density at radius 1 is 1.42 bits per heavy atom. The van der Waals surface area contributed by atoms with Gasteiger partial charge in [-0.05, 0) is 30.7 Å². The van der Waals surface area contributed by atoms with E-state index in [2.05, 4.69) is 5.32 Å². The lowest BCUT2D eigenvalue weighted by molar-refractivity contribution is -0.115. The van der Waals surface area contributed by atoms with Crippen LogP contribution in [0.4, 0.5) is 5.69 Å². The predicted octanol–water partition coefficient (Wildman–Crippen LogP) is 2.82. The lowest BCUT2D eigenvalue weighted by Crippen LogP contribution is -2.03. The Labute approximate surface area is 115 Å². The molecule has 1 aliphatic rings. The highest BCUT2D eigenvalue weighted by Gasteiger charge is 2.23. The molecular formula is C14H12ClNO3. The van der Waals surface area contributed by atoms with Gasteiger partial charge in [0.2, 0.25) is 5.91 Å². The van der Waals surface area contributed by atoms with E-state index in [1.807, 2.05) is 6.92 Å². The van der Waals surface area contributed by atoms with Crippen molar-refractivity contribution in [2.75, 3.05) is 5.32 Å². The van der Waals surface area contributed by atoms with Crippen LogP contribution in [0.15, 0.2) is 28.9 Å². The number of rotatable bonds is 2. The number of aliphatic hydroxyl groups is 1. The second-order valence-corrected chi connectivity index (χ2v) is 5.06. The van der Waals surface area contributed by atoms with Gasteiger partial charge in [0.15, 0.2) is 0 Å². The van der Waals surface area contributed by atoms with E-state index < -0.39 is 6.10 Å². The normalized spacial score (nSPS) is 15.2. The van der Waals surface area contributed by atoms with Crippen LogP contribution in [-0.2, 0) is 11.2 Å². The number of furan rings is 1. The Kier molecular flexibility index (Phi) is 2.84. The summed E-state index contributed by atoms with van der Waals surface area (Å²) in [6.45, 7) is 1.81. The lowest BCUT2D eigenvalue weighted by Gasteiger charge is -2.12. The van der Waals surface area contributed by atoms with Crippen LogP contribution in [0.1, 0.15) is 28.6 Å². The molecule has 98 valence electrons. The molecule has 0 radical (unpaired) electrons. The molecule has 0 aliphatic carbocycles. The summed E-state index contributed by atoms with van der Waals surface area (Å²) >= 11 is 6.17. The predicted molar refractivity (Wildman–Crippen MR) is 71.3 cm³/mol. The average Bonchev–Trinajstić information content (AvgIpc) is 2.92. The monoisotopic (exact) mass is 277 g/mol. The van der Waals surface area contributed by atoms with Gasteiger partial charge in [-0.25, -0.2) is 0 Å². The molecule has 2 N–H and O–H groups in total. The number of carbonyl (C=O) groups excluding carboxylic acids is 1. The maximum absolute atomic E-state index is 11.3. The first-order chi connectivity index (χ1) is 9.04. The van der Waals surface area contributed by atoms with E-state index in [4.69, 9.17) is 16.0 Å². The Bertz CT molecular complexity index is 663. The number of hydrogen-bond donors (Lipinski definition) is 2. The van der Waals surface area contributed by atoms with E-state index in [1.165, 1.54) is 6.26 Å². The summed E-state index contributed by atoms with van der Waals surface area (Å²) in [4.78, 5) is 11.3. The third-order valence-corrected chi connectivity index (χ3v) is 3.54. The number of anilines is 1. The average molecular weight is 278 g/mol. The summed E-state index contributed by atoms with van der Waals surface area (Å²) in [6.07, 6.45) is 0.967. The Balaban J connectivity index is 2.02. The van der Waals surface area contributed by atoms with E-state index in [0.29, 0.717) is 28.3 Å². The van der Waals surface area contributed by atoms with Gasteiger partial charge in [-0.15, -0.1) is 0 Å². The number of hydrogen-bond acceptors (Lipinski definition) is 3. The second-order valence-electron chi connectivity index (χ2n) is 4.65. The number of amides is 1. The van der Waals surface area contributed by atoms with Crippen molar-refractivity contribution in [3.63, 3.8) is 0 Å². The zero-order chi connectivity index (χ0) is 13.6. The minimum atomic E-state index is -0.856. The van der Waals surface area contributed by atoms with E-state index in [9.17, 15) is 9.90 Å². The van der Waals surface area contributed by atoms with E-state index in [1.54, 1.807) is 18.2 Å². The minimum Gasteiger partial charge on any atom is -0.469 e. The largest absolute Gasteiger partial charge is 0.469 e. The van der Waals surface area contributed by atoms with Gasteiger partial charge in [0.1, 0.15) is 11.9 Å². The molecule has 3 rings (SSSR count). The summed E-state index contributed by atoms with van der Waals surface area (Å²) in [6, 6.07) is 5.20. The van der Waals surface area contributed by atoms with Gasteiger partial charge in [-0.1, -0.05) is 11.6 Å². The summed E-state index contributed by atoms with van der Waals surface area (Å²) in [5, 5.41) is 13.5. The molecule has 1 unspecified atom stereocenters. The molecule has 4 nitrogen and oxygen atoms in total. The maximum Gasteiger partial charge on any atom is 0.228 e. The number of carbonyl (C=O) groups is 1. The molecule has 0 fully saturated rings. The van der Waals surface area contributed by atoms with E-state index >= 15 is 0 Å². The van der Waals surface area contributed by atoms with Crippen LogP contribution in [0.2, 0.25) is 5.02 Å². The smallest absolute Gasteiger partial charge is 0.228 e. The first-order valence-electron chi connectivity index (χ1n) is 5.90. The Morgan fingerprint density at radius 3 is 2.89 bits per heavy atom. The van der Waals surface area contributed by atoms with E-state index in [0.717, 1.165) is 11.3 Å². The number of fused-ring (bicyclic) bond motifs is 1. The molecule has 0 saturated carbocycles. The molecule has 1 aromatic heterocycles. The molecule has 5 heteroatoms. The molecule has 1 aliphatic heterocycles. The van der Waals surface area contributed by atoms with Crippen LogP contribution in [0.5, 0.6) is 0 Å². The quantitative estimate of drug-likeness (QED) is 0.887. The Hall–Kier alpha value is -1.78. The van der Waals surface area contributed by atoms with E-state index in [-0.39, 0.29) is 5.91 Å². The second kappa shape index (κ2) is 4.40. The Morgan fingerprint density at radius 2 is 2.21 bits per heavy atom. The highest BCUT2D eigenvalue weighted by molar-refractivity contribution is 6.32. The summed E-state index contributed by atoms with van der Waals surface area (Å²) < 4.78 is 5.19. The van der Waals surface area contributed by atoms with Crippen molar-refractivity contribution in [3.05, 3.63) is 51.9 Å². The SMILES string of the molecule is Cc1cc(C(O)c2cc3c(cc2Cl)NC(=O)C3)co1. The van der Waals surface area contributed by atoms with Crippen molar-refractivity contribution in [2.45, 2.75) is 19.4 Å². The first kappa shape index (κ1) is 12.3. The topological polar surface area (TPSA) is 62.5 Å². The fourth-order valence-corrected chi connectivity index (χ4v) is 2.53. The van der Waals surface area contributed by atoms with Gasteiger partial charge in [-0.3, -0.25) is 4.79 Å². The fourth-order valence-electron chi connectivity index (χ4n) is 2.26. The lowest BCUT2D eigenvalue weighted by atomic mass is 10.0. The zero-order valence-electron chi connectivity index (χ0n) is 10.2. The summed E-state index contributed by atoms with van der Waals surface area (Å²) in [7, 11) is 0. The number of benzene rings is 1. The number of aliphatic hydroxyl groups excluding tert-OH is 1. The van der Waals surface area contributed by atoms with Gasteiger partial charge in [0, 0.05) is 21.8 Å². The van der Waals surface area contributed by atoms with Crippen molar-refractivity contribution in [3.8, 4) is 0 Å². The third-order valence-electron chi connectivity index (χ3n) is 3.21. The molecule has 1 aromatic carbocycles. The van der Waals surface area contributed by atoms with Gasteiger partial charge in [0.05, 0.1) is 12.7 Å². The highest BCUT2D eigenvalue weighted by atomic mass is 35.5. The molecule has 1 atom stereocenters. The fraction of sp³-hybridized carbons (Fsp3) is 0.214. The highest BCUT2D eigenvalue weighted by Crippen LogP contribution is 2.35. The van der Waals surface area contributed by atoms with Crippen LogP contribution in [0.3, 0.4) is 0 Å². The van der Waals surface area contributed by atoms with Crippen molar-refractivity contribution in [2.24, 2.45) is 0 Å². The van der Waals surface area contributed by atoms with Crippen LogP contribution >= 0.6 is 11.6 Å². The molecule has 0 saturated heterocycles. The molecule has 2 aromatic rings.